The summed E-state index contributed by atoms with van der Waals surface area (Å²) in [7, 11) is 3.04. The highest BCUT2D eigenvalue weighted by molar-refractivity contribution is 6.45. The Bertz CT molecular complexity index is 994. The number of amides is 2. The highest BCUT2D eigenvalue weighted by atomic mass is 35.5. The van der Waals surface area contributed by atoms with E-state index in [0.717, 1.165) is 25.9 Å². The van der Waals surface area contributed by atoms with Crippen molar-refractivity contribution in [3.63, 3.8) is 0 Å². The lowest BCUT2D eigenvalue weighted by Gasteiger charge is -2.21. The Morgan fingerprint density at radius 3 is 2.21 bits per heavy atom. The molecule has 4 rings (SSSR count). The van der Waals surface area contributed by atoms with Gasteiger partial charge in [0, 0.05) is 24.2 Å². The van der Waals surface area contributed by atoms with E-state index in [4.69, 9.17) is 21.1 Å². The maximum absolute atomic E-state index is 13.5. The first-order valence-corrected chi connectivity index (χ1v) is 9.79. The van der Waals surface area contributed by atoms with Gasteiger partial charge in [0.05, 0.1) is 25.5 Å². The first kappa shape index (κ1) is 19.3. The lowest BCUT2D eigenvalue weighted by molar-refractivity contribution is -0.120. The second-order valence-corrected chi connectivity index (χ2v) is 7.34. The topological polar surface area (TPSA) is 59.1 Å². The number of halogens is 1. The lowest BCUT2D eigenvalue weighted by Crippen LogP contribution is -2.34. The molecule has 0 bridgehead atoms. The fraction of sp³-hybridized carbons (Fsp3) is 0.273. The third kappa shape index (κ3) is 3.34. The summed E-state index contributed by atoms with van der Waals surface area (Å²) in [5, 5.41) is 0.570. The molecule has 2 aliphatic rings. The zero-order valence-corrected chi connectivity index (χ0v) is 17.0. The van der Waals surface area contributed by atoms with E-state index in [1.807, 2.05) is 4.90 Å². The van der Waals surface area contributed by atoms with E-state index in [1.165, 1.54) is 19.1 Å². The summed E-state index contributed by atoms with van der Waals surface area (Å²) in [6.45, 7) is 1.49. The number of nitrogens with zero attached hydrogens (tertiary/aromatic N) is 2. The average molecular weight is 413 g/mol. The van der Waals surface area contributed by atoms with Crippen molar-refractivity contribution in [1.82, 2.24) is 4.90 Å². The molecule has 0 N–H and O–H groups in total. The molecular weight excluding hydrogens is 392 g/mol. The molecule has 150 valence electrons. The number of likely N-dealkylation sites (tertiary alicyclic amines) is 1. The smallest absolute Gasteiger partial charge is 0.282 e. The fourth-order valence-corrected chi connectivity index (χ4v) is 3.95. The van der Waals surface area contributed by atoms with Crippen LogP contribution in [-0.2, 0) is 9.59 Å². The summed E-state index contributed by atoms with van der Waals surface area (Å²) in [6, 6.07) is 12.0. The number of rotatable bonds is 5. The molecule has 0 aromatic heterocycles. The van der Waals surface area contributed by atoms with E-state index in [2.05, 4.69) is 0 Å². The van der Waals surface area contributed by atoms with Crippen LogP contribution >= 0.6 is 11.6 Å². The summed E-state index contributed by atoms with van der Waals surface area (Å²) in [5.41, 5.74) is 1.85. The van der Waals surface area contributed by atoms with Gasteiger partial charge in [0.1, 0.15) is 17.2 Å². The van der Waals surface area contributed by atoms with Crippen LogP contribution in [0.1, 0.15) is 18.4 Å². The molecule has 0 aliphatic carbocycles. The van der Waals surface area contributed by atoms with Crippen molar-refractivity contribution >= 4 is 34.7 Å². The monoisotopic (exact) mass is 412 g/mol. The van der Waals surface area contributed by atoms with E-state index < -0.39 is 0 Å². The Kier molecular flexibility index (Phi) is 5.20. The van der Waals surface area contributed by atoms with Crippen molar-refractivity contribution in [2.24, 2.45) is 0 Å². The Morgan fingerprint density at radius 1 is 0.897 bits per heavy atom. The summed E-state index contributed by atoms with van der Waals surface area (Å²) in [4.78, 5) is 30.2. The number of carbonyl (C=O) groups is 2. The van der Waals surface area contributed by atoms with Crippen LogP contribution in [0.3, 0.4) is 0 Å². The van der Waals surface area contributed by atoms with Crippen LogP contribution in [0.5, 0.6) is 11.5 Å². The quantitative estimate of drug-likeness (QED) is 0.700. The number of carbonyl (C=O) groups excluding carboxylic acids is 2. The Hall–Kier alpha value is -2.99. The summed E-state index contributed by atoms with van der Waals surface area (Å²) in [6.07, 6.45) is 1.97. The average Bonchev–Trinajstić information content (AvgIpc) is 3.34. The molecule has 0 unspecified atom stereocenters. The van der Waals surface area contributed by atoms with Gasteiger partial charge in [0.15, 0.2) is 0 Å². The number of imide groups is 1. The molecule has 1 saturated heterocycles. The summed E-state index contributed by atoms with van der Waals surface area (Å²) >= 11 is 6.03. The molecule has 0 saturated carbocycles. The molecule has 0 atom stereocenters. The van der Waals surface area contributed by atoms with Crippen LogP contribution in [0.4, 0.5) is 5.69 Å². The zero-order chi connectivity index (χ0) is 20.5. The third-order valence-corrected chi connectivity index (χ3v) is 5.49. The van der Waals surface area contributed by atoms with Crippen LogP contribution in [0, 0.1) is 0 Å². The van der Waals surface area contributed by atoms with Gasteiger partial charge in [-0.05, 0) is 42.7 Å². The van der Waals surface area contributed by atoms with Gasteiger partial charge in [-0.2, -0.15) is 0 Å². The highest BCUT2D eigenvalue weighted by Gasteiger charge is 2.44. The Morgan fingerprint density at radius 2 is 1.59 bits per heavy atom. The molecule has 2 amide bonds. The third-order valence-electron chi connectivity index (χ3n) is 5.24. The highest BCUT2D eigenvalue weighted by Crippen LogP contribution is 2.41. The number of hydrogen-bond acceptors (Lipinski definition) is 5. The van der Waals surface area contributed by atoms with Crippen LogP contribution in [-0.4, -0.2) is 44.0 Å². The predicted octanol–water partition coefficient (Wildman–Crippen LogP) is 3.74. The molecule has 0 radical (unpaired) electrons. The standard InChI is InChI=1S/C22H21ClN2O4/c1-28-16-9-10-18(29-2)17(13-16)25-21(26)19(14-5-7-15(23)8-6-14)20(22(25)27)24-11-3-4-12-24/h5-10,13H,3-4,11-12H2,1-2H3. The van der Waals surface area contributed by atoms with Crippen LogP contribution in [0.15, 0.2) is 48.2 Å². The molecule has 2 aromatic rings. The molecule has 2 aliphatic heterocycles. The maximum Gasteiger partial charge on any atom is 0.282 e. The first-order chi connectivity index (χ1) is 14.0. The second-order valence-electron chi connectivity index (χ2n) is 6.91. The number of hydrogen-bond donors (Lipinski definition) is 0. The van der Waals surface area contributed by atoms with Crippen molar-refractivity contribution < 1.29 is 19.1 Å². The fourth-order valence-electron chi connectivity index (χ4n) is 3.82. The van der Waals surface area contributed by atoms with Gasteiger partial charge in [-0.1, -0.05) is 23.7 Å². The van der Waals surface area contributed by atoms with Crippen molar-refractivity contribution in [3.05, 3.63) is 58.7 Å². The van der Waals surface area contributed by atoms with Gasteiger partial charge in [-0.3, -0.25) is 9.59 Å². The molecule has 6 nitrogen and oxygen atoms in total. The normalized spacial score (nSPS) is 16.8. The van der Waals surface area contributed by atoms with Crippen LogP contribution in [0.25, 0.3) is 5.57 Å². The molecular formula is C22H21ClN2O4. The largest absolute Gasteiger partial charge is 0.497 e. The molecule has 2 aromatic carbocycles. The van der Waals surface area contributed by atoms with Crippen molar-refractivity contribution in [1.29, 1.82) is 0 Å². The van der Waals surface area contributed by atoms with E-state index in [9.17, 15) is 9.59 Å². The van der Waals surface area contributed by atoms with Gasteiger partial charge in [-0.15, -0.1) is 0 Å². The predicted molar refractivity (Wildman–Crippen MR) is 111 cm³/mol. The molecule has 29 heavy (non-hydrogen) atoms. The second kappa shape index (κ2) is 7.79. The van der Waals surface area contributed by atoms with E-state index in [1.54, 1.807) is 42.5 Å². The van der Waals surface area contributed by atoms with Gasteiger partial charge in [-0.25, -0.2) is 4.90 Å². The van der Waals surface area contributed by atoms with Gasteiger partial charge >= 0.3 is 0 Å². The molecule has 0 spiro atoms. The zero-order valence-electron chi connectivity index (χ0n) is 16.3. The number of methoxy groups -OCH3 is 2. The minimum Gasteiger partial charge on any atom is -0.497 e. The van der Waals surface area contributed by atoms with Gasteiger partial charge in [0.2, 0.25) is 0 Å². The minimum atomic E-state index is -0.384. The minimum absolute atomic E-state index is 0.353. The van der Waals surface area contributed by atoms with Crippen LogP contribution in [0.2, 0.25) is 5.02 Å². The maximum atomic E-state index is 13.5. The molecule has 7 heteroatoms. The summed E-state index contributed by atoms with van der Waals surface area (Å²) < 4.78 is 10.7. The van der Waals surface area contributed by atoms with Gasteiger partial charge < -0.3 is 14.4 Å². The number of ether oxygens (including phenoxy) is 2. The van der Waals surface area contributed by atoms with Crippen molar-refractivity contribution in [2.45, 2.75) is 12.8 Å². The van der Waals surface area contributed by atoms with Crippen LogP contribution < -0.4 is 14.4 Å². The lowest BCUT2D eigenvalue weighted by atomic mass is 10.0. The number of benzene rings is 2. The molecule has 1 fully saturated rings. The number of anilines is 1. The summed E-state index contributed by atoms with van der Waals surface area (Å²) in [5.74, 6) is 0.217. The van der Waals surface area contributed by atoms with Gasteiger partial charge in [0.25, 0.3) is 11.8 Å². The Balaban J connectivity index is 1.86. The van der Waals surface area contributed by atoms with E-state index in [0.29, 0.717) is 39.0 Å². The van der Waals surface area contributed by atoms with Crippen molar-refractivity contribution in [2.75, 3.05) is 32.2 Å². The first-order valence-electron chi connectivity index (χ1n) is 9.41. The Labute approximate surface area is 174 Å². The van der Waals surface area contributed by atoms with E-state index >= 15 is 0 Å². The molecule has 2 heterocycles. The van der Waals surface area contributed by atoms with Crippen molar-refractivity contribution in [3.8, 4) is 11.5 Å². The van der Waals surface area contributed by atoms with E-state index in [-0.39, 0.29) is 11.8 Å². The SMILES string of the molecule is COc1ccc(OC)c(N2C(=O)C(c3ccc(Cl)cc3)=C(N3CCCC3)C2=O)c1.